The normalized spacial score (nSPS) is 17.7. The third-order valence-corrected chi connectivity index (χ3v) is 4.29. The summed E-state index contributed by atoms with van der Waals surface area (Å²) in [6.45, 7) is 2.09. The van der Waals surface area contributed by atoms with Gasteiger partial charge >= 0.3 is 0 Å². The summed E-state index contributed by atoms with van der Waals surface area (Å²) in [5.41, 5.74) is 8.49. The van der Waals surface area contributed by atoms with Gasteiger partial charge in [0.05, 0.1) is 18.0 Å². The molecule has 1 atom stereocenters. The van der Waals surface area contributed by atoms with E-state index in [-0.39, 0.29) is 6.04 Å². The van der Waals surface area contributed by atoms with E-state index in [1.54, 1.807) is 6.26 Å². The third-order valence-electron chi connectivity index (χ3n) is 4.29. The van der Waals surface area contributed by atoms with E-state index in [1.165, 1.54) is 25.7 Å². The van der Waals surface area contributed by atoms with Crippen LogP contribution in [0.5, 0.6) is 0 Å². The molecule has 0 aromatic carbocycles. The molecule has 1 aliphatic carbocycles. The maximum Gasteiger partial charge on any atom is 0.108 e. The van der Waals surface area contributed by atoms with Gasteiger partial charge in [0.2, 0.25) is 0 Å². The van der Waals surface area contributed by atoms with Gasteiger partial charge in [-0.25, -0.2) is 0 Å². The molecule has 2 N–H and O–H groups in total. The second-order valence-corrected chi connectivity index (χ2v) is 5.69. The van der Waals surface area contributed by atoms with Crippen molar-refractivity contribution >= 4 is 0 Å². The molecule has 1 aliphatic rings. The number of aromatic nitrogens is 2. The molecule has 3 rings (SSSR count). The molecular formula is C16H23N3O. The van der Waals surface area contributed by atoms with Gasteiger partial charge < -0.3 is 10.2 Å². The fourth-order valence-electron chi connectivity index (χ4n) is 3.16. The average molecular weight is 273 g/mol. The van der Waals surface area contributed by atoms with Crippen LogP contribution in [0.4, 0.5) is 0 Å². The van der Waals surface area contributed by atoms with Crippen molar-refractivity contribution in [2.75, 3.05) is 0 Å². The highest BCUT2D eigenvalue weighted by Crippen LogP contribution is 2.29. The molecule has 20 heavy (non-hydrogen) atoms. The van der Waals surface area contributed by atoms with Crippen molar-refractivity contribution in [2.24, 2.45) is 5.73 Å². The predicted octanol–water partition coefficient (Wildman–Crippen LogP) is 3.40. The van der Waals surface area contributed by atoms with Crippen molar-refractivity contribution in [3.63, 3.8) is 0 Å². The minimum absolute atomic E-state index is 0.0318. The van der Waals surface area contributed by atoms with E-state index in [0.29, 0.717) is 6.04 Å². The standard InChI is InChI=1S/C16H23N3O/c1-2-16-14(8-10-20-16)15(17)11-12-7-9-19(18-12)13-5-3-4-6-13/h7-10,13,15H,2-6,11,17H2,1H3. The van der Waals surface area contributed by atoms with Crippen molar-refractivity contribution in [1.82, 2.24) is 9.78 Å². The Bertz CT molecular complexity index is 552. The second kappa shape index (κ2) is 5.83. The van der Waals surface area contributed by atoms with Gasteiger partial charge in [0.15, 0.2) is 0 Å². The van der Waals surface area contributed by atoms with Crippen LogP contribution in [0.15, 0.2) is 29.0 Å². The van der Waals surface area contributed by atoms with Crippen LogP contribution in [0.2, 0.25) is 0 Å². The molecule has 0 aliphatic heterocycles. The van der Waals surface area contributed by atoms with E-state index in [0.717, 1.165) is 29.9 Å². The molecule has 2 aromatic rings. The molecule has 0 spiro atoms. The van der Waals surface area contributed by atoms with Gasteiger partial charge in [0, 0.05) is 30.6 Å². The maximum absolute atomic E-state index is 6.30. The molecule has 1 unspecified atom stereocenters. The topological polar surface area (TPSA) is 57.0 Å². The summed E-state index contributed by atoms with van der Waals surface area (Å²) in [5, 5.41) is 4.70. The molecule has 4 heteroatoms. The summed E-state index contributed by atoms with van der Waals surface area (Å²) in [7, 11) is 0. The van der Waals surface area contributed by atoms with E-state index >= 15 is 0 Å². The minimum atomic E-state index is -0.0318. The Labute approximate surface area is 120 Å². The van der Waals surface area contributed by atoms with E-state index in [2.05, 4.69) is 23.9 Å². The van der Waals surface area contributed by atoms with Gasteiger partial charge in [-0.3, -0.25) is 4.68 Å². The monoisotopic (exact) mass is 273 g/mol. The van der Waals surface area contributed by atoms with Crippen molar-refractivity contribution in [3.8, 4) is 0 Å². The zero-order valence-electron chi connectivity index (χ0n) is 12.1. The Hall–Kier alpha value is -1.55. The first-order valence-corrected chi connectivity index (χ1v) is 7.63. The van der Waals surface area contributed by atoms with E-state index in [1.807, 2.05) is 6.07 Å². The lowest BCUT2D eigenvalue weighted by molar-refractivity contribution is 0.460. The summed E-state index contributed by atoms with van der Waals surface area (Å²) < 4.78 is 7.58. The highest BCUT2D eigenvalue weighted by Gasteiger charge is 2.19. The smallest absolute Gasteiger partial charge is 0.108 e. The summed E-state index contributed by atoms with van der Waals surface area (Å²) in [4.78, 5) is 0. The van der Waals surface area contributed by atoms with Gasteiger partial charge in [-0.05, 0) is 25.0 Å². The number of nitrogens with zero attached hydrogens (tertiary/aromatic N) is 2. The Morgan fingerprint density at radius 3 is 2.95 bits per heavy atom. The molecule has 0 bridgehead atoms. The van der Waals surface area contributed by atoms with Crippen LogP contribution in [-0.4, -0.2) is 9.78 Å². The van der Waals surface area contributed by atoms with Gasteiger partial charge in [0.25, 0.3) is 0 Å². The molecular weight excluding hydrogens is 250 g/mol. The van der Waals surface area contributed by atoms with Gasteiger partial charge in [-0.15, -0.1) is 0 Å². The zero-order valence-corrected chi connectivity index (χ0v) is 12.1. The summed E-state index contributed by atoms with van der Waals surface area (Å²) in [6, 6.07) is 4.65. The lowest BCUT2D eigenvalue weighted by Crippen LogP contribution is -2.15. The fourth-order valence-corrected chi connectivity index (χ4v) is 3.16. The van der Waals surface area contributed by atoms with E-state index in [9.17, 15) is 0 Å². The molecule has 1 fully saturated rings. The summed E-state index contributed by atoms with van der Waals surface area (Å²) in [6.07, 6.45) is 10.7. The first kappa shape index (κ1) is 13.4. The lowest BCUT2D eigenvalue weighted by Gasteiger charge is -2.11. The first-order chi connectivity index (χ1) is 9.78. The quantitative estimate of drug-likeness (QED) is 0.908. The van der Waals surface area contributed by atoms with Crippen LogP contribution in [0.3, 0.4) is 0 Å². The van der Waals surface area contributed by atoms with Crippen molar-refractivity contribution in [2.45, 2.75) is 57.5 Å². The zero-order chi connectivity index (χ0) is 13.9. The number of rotatable bonds is 5. The molecule has 2 aromatic heterocycles. The Morgan fingerprint density at radius 2 is 2.20 bits per heavy atom. The molecule has 2 heterocycles. The fraction of sp³-hybridized carbons (Fsp3) is 0.562. The van der Waals surface area contributed by atoms with Crippen molar-refractivity contribution < 1.29 is 4.42 Å². The maximum atomic E-state index is 6.30. The van der Waals surface area contributed by atoms with Crippen molar-refractivity contribution in [3.05, 3.63) is 41.6 Å². The van der Waals surface area contributed by atoms with E-state index in [4.69, 9.17) is 15.2 Å². The predicted molar refractivity (Wildman–Crippen MR) is 78.5 cm³/mol. The van der Waals surface area contributed by atoms with Crippen LogP contribution < -0.4 is 5.73 Å². The number of aryl methyl sites for hydroxylation is 1. The third kappa shape index (κ3) is 2.66. The molecule has 0 amide bonds. The van der Waals surface area contributed by atoms with Crippen LogP contribution >= 0.6 is 0 Å². The molecule has 108 valence electrons. The number of nitrogens with two attached hydrogens (primary N) is 1. The number of hydrogen-bond acceptors (Lipinski definition) is 3. The molecule has 0 saturated heterocycles. The van der Waals surface area contributed by atoms with Gasteiger partial charge in [0.1, 0.15) is 5.76 Å². The molecule has 0 radical (unpaired) electrons. The van der Waals surface area contributed by atoms with E-state index < -0.39 is 0 Å². The Morgan fingerprint density at radius 1 is 1.40 bits per heavy atom. The highest BCUT2D eigenvalue weighted by atomic mass is 16.3. The number of furan rings is 1. The van der Waals surface area contributed by atoms with Gasteiger partial charge in [-0.2, -0.15) is 5.10 Å². The highest BCUT2D eigenvalue weighted by molar-refractivity contribution is 5.22. The van der Waals surface area contributed by atoms with Crippen LogP contribution in [-0.2, 0) is 12.8 Å². The largest absolute Gasteiger partial charge is 0.469 e. The average Bonchev–Trinajstić information content (AvgIpc) is 3.19. The Kier molecular flexibility index (Phi) is 3.92. The SMILES string of the molecule is CCc1occc1C(N)Cc1ccn(C2CCCC2)n1. The van der Waals surface area contributed by atoms with Crippen LogP contribution in [0.25, 0.3) is 0 Å². The van der Waals surface area contributed by atoms with Gasteiger partial charge in [-0.1, -0.05) is 19.8 Å². The van der Waals surface area contributed by atoms with Crippen molar-refractivity contribution in [1.29, 1.82) is 0 Å². The summed E-state index contributed by atoms with van der Waals surface area (Å²) >= 11 is 0. The second-order valence-electron chi connectivity index (χ2n) is 5.69. The number of hydrogen-bond donors (Lipinski definition) is 1. The minimum Gasteiger partial charge on any atom is -0.469 e. The Balaban J connectivity index is 1.68. The van der Waals surface area contributed by atoms with Crippen LogP contribution in [0, 0.1) is 0 Å². The first-order valence-electron chi connectivity index (χ1n) is 7.63. The lowest BCUT2D eigenvalue weighted by atomic mass is 10.0. The molecule has 4 nitrogen and oxygen atoms in total. The van der Waals surface area contributed by atoms with Crippen LogP contribution in [0.1, 0.15) is 61.7 Å². The summed E-state index contributed by atoms with van der Waals surface area (Å²) in [5.74, 6) is 0.993. The molecule has 1 saturated carbocycles.